The topological polar surface area (TPSA) is 69.7 Å². The SMILES string of the molecule is Fc1ccc(C2CCCN2c2cc(Nc3cc(C4CCC4)[nH]n3)ncn2)c(F)c1. The summed E-state index contributed by atoms with van der Waals surface area (Å²) in [6.45, 7) is 0.756. The lowest BCUT2D eigenvalue weighted by Crippen LogP contribution is -2.24. The van der Waals surface area contributed by atoms with Crippen molar-refractivity contribution in [2.75, 3.05) is 16.8 Å². The fourth-order valence-electron chi connectivity index (χ4n) is 4.17. The average Bonchev–Trinajstić information content (AvgIpc) is 3.31. The second-order valence-electron chi connectivity index (χ2n) is 7.74. The minimum absolute atomic E-state index is 0.172. The molecule has 1 aliphatic carbocycles. The van der Waals surface area contributed by atoms with E-state index < -0.39 is 11.6 Å². The lowest BCUT2D eigenvalue weighted by Gasteiger charge is -2.26. The Balaban J connectivity index is 1.36. The largest absolute Gasteiger partial charge is 0.349 e. The molecule has 2 aromatic heterocycles. The predicted molar refractivity (Wildman–Crippen MR) is 106 cm³/mol. The molecule has 1 atom stereocenters. The van der Waals surface area contributed by atoms with Crippen LogP contribution in [0.2, 0.25) is 0 Å². The second-order valence-corrected chi connectivity index (χ2v) is 7.74. The van der Waals surface area contributed by atoms with Crippen LogP contribution in [0.5, 0.6) is 0 Å². The number of halogens is 2. The van der Waals surface area contributed by atoms with Crippen molar-refractivity contribution in [2.45, 2.75) is 44.1 Å². The van der Waals surface area contributed by atoms with Crippen molar-refractivity contribution >= 4 is 17.5 Å². The molecule has 2 fully saturated rings. The van der Waals surface area contributed by atoms with Crippen LogP contribution >= 0.6 is 0 Å². The summed E-state index contributed by atoms with van der Waals surface area (Å²) in [5.41, 5.74) is 1.65. The number of rotatable bonds is 5. The molecule has 5 rings (SSSR count). The maximum Gasteiger partial charge on any atom is 0.153 e. The predicted octanol–water partition coefficient (Wildman–Crippen LogP) is 4.83. The van der Waals surface area contributed by atoms with Crippen LogP contribution in [-0.4, -0.2) is 26.7 Å². The molecule has 1 aromatic carbocycles. The monoisotopic (exact) mass is 396 g/mol. The maximum absolute atomic E-state index is 14.3. The Morgan fingerprint density at radius 3 is 2.69 bits per heavy atom. The normalized spacial score (nSPS) is 19.4. The van der Waals surface area contributed by atoms with E-state index in [4.69, 9.17) is 0 Å². The Kier molecular flexibility index (Phi) is 4.61. The quantitative estimate of drug-likeness (QED) is 0.646. The first kappa shape index (κ1) is 18.0. The molecular formula is C21H22F2N6. The van der Waals surface area contributed by atoms with E-state index in [1.807, 2.05) is 17.0 Å². The minimum atomic E-state index is -0.565. The summed E-state index contributed by atoms with van der Waals surface area (Å²) in [4.78, 5) is 10.7. The molecule has 1 aliphatic heterocycles. The molecule has 29 heavy (non-hydrogen) atoms. The Morgan fingerprint density at radius 1 is 1.00 bits per heavy atom. The molecule has 3 heterocycles. The molecule has 0 amide bonds. The Labute approximate surface area is 167 Å². The first-order chi connectivity index (χ1) is 14.2. The van der Waals surface area contributed by atoms with Crippen molar-refractivity contribution in [2.24, 2.45) is 0 Å². The van der Waals surface area contributed by atoms with Gasteiger partial charge < -0.3 is 10.2 Å². The van der Waals surface area contributed by atoms with Gasteiger partial charge in [0.05, 0.1) is 6.04 Å². The number of benzene rings is 1. The lowest BCUT2D eigenvalue weighted by molar-refractivity contribution is 0.410. The summed E-state index contributed by atoms with van der Waals surface area (Å²) in [6.07, 6.45) is 6.88. The fourth-order valence-corrected chi connectivity index (χ4v) is 4.17. The molecule has 6 nitrogen and oxygen atoms in total. The highest BCUT2D eigenvalue weighted by molar-refractivity contribution is 5.57. The Hall–Kier alpha value is -3.03. The molecule has 1 unspecified atom stereocenters. The van der Waals surface area contributed by atoms with Gasteiger partial charge in [0, 0.05) is 41.9 Å². The minimum Gasteiger partial charge on any atom is -0.349 e. The molecular weight excluding hydrogens is 374 g/mol. The molecule has 150 valence electrons. The molecule has 1 saturated heterocycles. The number of hydrogen-bond acceptors (Lipinski definition) is 5. The van der Waals surface area contributed by atoms with E-state index in [9.17, 15) is 8.78 Å². The van der Waals surface area contributed by atoms with Crippen LogP contribution < -0.4 is 10.2 Å². The van der Waals surface area contributed by atoms with Gasteiger partial charge in [0.2, 0.25) is 0 Å². The van der Waals surface area contributed by atoms with Crippen LogP contribution in [0.1, 0.15) is 55.3 Å². The number of nitrogens with zero attached hydrogens (tertiary/aromatic N) is 4. The van der Waals surface area contributed by atoms with Crippen molar-refractivity contribution in [3.05, 3.63) is 59.6 Å². The van der Waals surface area contributed by atoms with Crippen molar-refractivity contribution in [1.29, 1.82) is 0 Å². The second kappa shape index (κ2) is 7.42. The smallest absolute Gasteiger partial charge is 0.153 e. The molecule has 1 saturated carbocycles. The van der Waals surface area contributed by atoms with Gasteiger partial charge in [-0.1, -0.05) is 12.5 Å². The first-order valence-corrected chi connectivity index (χ1v) is 10.0. The van der Waals surface area contributed by atoms with E-state index in [1.54, 1.807) is 0 Å². The molecule has 2 N–H and O–H groups in total. The number of nitrogens with one attached hydrogen (secondary N) is 2. The highest BCUT2D eigenvalue weighted by atomic mass is 19.1. The van der Waals surface area contributed by atoms with Gasteiger partial charge >= 0.3 is 0 Å². The molecule has 0 bridgehead atoms. The standard InChI is InChI=1S/C21H22F2N6/c22-14-6-7-15(16(23)9-14)18-5-2-8-29(18)21-11-19(24-12-25-21)26-20-10-17(27-28-20)13-3-1-4-13/h6-7,9-13,18H,1-5,8H2,(H2,24,25,26,27,28). The third kappa shape index (κ3) is 3.54. The van der Waals surface area contributed by atoms with Gasteiger partial charge in [0.25, 0.3) is 0 Å². The van der Waals surface area contributed by atoms with Crippen LogP contribution in [0.4, 0.5) is 26.2 Å². The third-order valence-corrected chi connectivity index (χ3v) is 5.92. The van der Waals surface area contributed by atoms with Crippen molar-refractivity contribution < 1.29 is 8.78 Å². The molecule has 0 spiro atoms. The van der Waals surface area contributed by atoms with Gasteiger partial charge in [0.1, 0.15) is 29.6 Å². The van der Waals surface area contributed by atoms with Gasteiger partial charge in [-0.3, -0.25) is 5.10 Å². The number of aromatic amines is 1. The van der Waals surface area contributed by atoms with Crippen molar-refractivity contribution in [3.63, 3.8) is 0 Å². The molecule has 8 heteroatoms. The Morgan fingerprint density at radius 2 is 1.90 bits per heavy atom. The maximum atomic E-state index is 14.3. The van der Waals surface area contributed by atoms with E-state index >= 15 is 0 Å². The molecule has 3 aromatic rings. The fraction of sp³-hybridized carbons (Fsp3) is 0.381. The van der Waals surface area contributed by atoms with E-state index in [0.717, 1.165) is 37.0 Å². The van der Waals surface area contributed by atoms with Gasteiger partial charge in [-0.2, -0.15) is 5.10 Å². The lowest BCUT2D eigenvalue weighted by atomic mass is 9.83. The zero-order valence-electron chi connectivity index (χ0n) is 15.9. The zero-order valence-corrected chi connectivity index (χ0v) is 15.9. The van der Waals surface area contributed by atoms with Crippen LogP contribution in [-0.2, 0) is 0 Å². The molecule has 0 radical (unpaired) electrons. The summed E-state index contributed by atoms with van der Waals surface area (Å²) >= 11 is 0. The van der Waals surface area contributed by atoms with E-state index in [0.29, 0.717) is 23.1 Å². The van der Waals surface area contributed by atoms with E-state index in [2.05, 4.69) is 25.5 Å². The average molecular weight is 396 g/mol. The van der Waals surface area contributed by atoms with Crippen molar-refractivity contribution in [3.8, 4) is 0 Å². The highest BCUT2D eigenvalue weighted by Crippen LogP contribution is 2.38. The van der Waals surface area contributed by atoms with E-state index in [-0.39, 0.29) is 6.04 Å². The number of anilines is 3. The van der Waals surface area contributed by atoms with Gasteiger partial charge in [-0.15, -0.1) is 0 Å². The van der Waals surface area contributed by atoms with Crippen LogP contribution in [0, 0.1) is 11.6 Å². The first-order valence-electron chi connectivity index (χ1n) is 10.0. The number of H-pyrrole nitrogens is 1. The van der Waals surface area contributed by atoms with Gasteiger partial charge in [-0.05, 0) is 31.7 Å². The summed E-state index contributed by atoms with van der Waals surface area (Å²) in [5.74, 6) is 1.56. The van der Waals surface area contributed by atoms with Gasteiger partial charge in [0.15, 0.2) is 5.82 Å². The summed E-state index contributed by atoms with van der Waals surface area (Å²) in [6, 6.07) is 7.47. The highest BCUT2D eigenvalue weighted by Gasteiger charge is 2.29. The third-order valence-electron chi connectivity index (χ3n) is 5.92. The van der Waals surface area contributed by atoms with Crippen LogP contribution in [0.15, 0.2) is 36.7 Å². The van der Waals surface area contributed by atoms with Crippen LogP contribution in [0.3, 0.4) is 0 Å². The van der Waals surface area contributed by atoms with E-state index in [1.165, 1.54) is 37.7 Å². The zero-order chi connectivity index (χ0) is 19.8. The van der Waals surface area contributed by atoms with Gasteiger partial charge in [-0.25, -0.2) is 18.7 Å². The summed E-state index contributed by atoms with van der Waals surface area (Å²) in [7, 11) is 0. The van der Waals surface area contributed by atoms with Crippen molar-refractivity contribution in [1.82, 2.24) is 20.2 Å². The summed E-state index contributed by atoms with van der Waals surface area (Å²) < 4.78 is 27.6. The number of aromatic nitrogens is 4. The van der Waals surface area contributed by atoms with Crippen LogP contribution in [0.25, 0.3) is 0 Å². The molecule has 2 aliphatic rings. The summed E-state index contributed by atoms with van der Waals surface area (Å²) in [5, 5.41) is 10.6. The number of hydrogen-bond donors (Lipinski definition) is 2. The Bertz CT molecular complexity index is 1020.